The maximum Gasteiger partial charge on any atom is 0.356 e. The van der Waals surface area contributed by atoms with Crippen molar-refractivity contribution in [1.82, 2.24) is 9.55 Å². The van der Waals surface area contributed by atoms with Crippen molar-refractivity contribution in [2.75, 3.05) is 5.32 Å². The lowest BCUT2D eigenvalue weighted by atomic mass is 9.96. The van der Waals surface area contributed by atoms with Crippen molar-refractivity contribution in [1.29, 1.82) is 0 Å². The van der Waals surface area contributed by atoms with Crippen molar-refractivity contribution in [3.8, 4) is 0 Å². The maximum absolute atomic E-state index is 14.5. The van der Waals surface area contributed by atoms with E-state index < -0.39 is 58.7 Å². The van der Waals surface area contributed by atoms with Crippen LogP contribution in [0.5, 0.6) is 0 Å². The van der Waals surface area contributed by atoms with Crippen molar-refractivity contribution in [2.45, 2.75) is 66.0 Å². The van der Waals surface area contributed by atoms with E-state index in [4.69, 9.17) is 0 Å². The molecule has 0 fully saturated rings. The van der Waals surface area contributed by atoms with Crippen LogP contribution in [-0.4, -0.2) is 67.1 Å². The van der Waals surface area contributed by atoms with Gasteiger partial charge in [0.25, 0.3) is 0 Å². The topological polar surface area (TPSA) is 168 Å². The first-order valence-electron chi connectivity index (χ1n) is 9.39. The van der Waals surface area contributed by atoms with Crippen molar-refractivity contribution < 1.29 is 43.2 Å². The molecule has 1 aromatic heterocycles. The van der Waals surface area contributed by atoms with E-state index in [1.807, 2.05) is 0 Å². The summed E-state index contributed by atoms with van der Waals surface area (Å²) in [5.41, 5.74) is -3.51. The molecule has 3 atom stereocenters. The lowest BCUT2D eigenvalue weighted by Crippen LogP contribution is -2.56. The number of hydrogen-bond donors (Lipinski definition) is 4. The number of nitrogens with one attached hydrogen (secondary N) is 1. The average Bonchev–Trinajstić information content (AvgIpc) is 2.64. The molecule has 13 heteroatoms. The number of anilines is 1. The summed E-state index contributed by atoms with van der Waals surface area (Å²) in [5.74, 6) is -8.97. The van der Waals surface area contributed by atoms with Crippen LogP contribution < -0.4 is 11.0 Å². The van der Waals surface area contributed by atoms with Crippen LogP contribution in [0.1, 0.15) is 46.3 Å². The van der Waals surface area contributed by atoms with Gasteiger partial charge in [0.15, 0.2) is 6.10 Å². The van der Waals surface area contributed by atoms with Crippen LogP contribution in [-0.2, 0) is 14.3 Å². The second kappa shape index (κ2) is 9.38. The molecule has 1 unspecified atom stereocenters. The number of halogens is 2. The first kappa shape index (κ1) is 27.3. The van der Waals surface area contributed by atoms with Crippen molar-refractivity contribution in [2.24, 2.45) is 10.8 Å². The summed E-state index contributed by atoms with van der Waals surface area (Å²) in [6, 6.07) is 0.905. The highest BCUT2D eigenvalue weighted by Crippen LogP contribution is 2.26. The van der Waals surface area contributed by atoms with E-state index in [0.717, 1.165) is 6.07 Å². The van der Waals surface area contributed by atoms with E-state index in [0.29, 0.717) is 6.20 Å². The van der Waals surface area contributed by atoms with Gasteiger partial charge in [-0.15, -0.1) is 0 Å². The Morgan fingerprint density at radius 3 is 2.03 bits per heavy atom. The van der Waals surface area contributed by atoms with Crippen LogP contribution in [0.4, 0.5) is 14.6 Å². The van der Waals surface area contributed by atoms with Gasteiger partial charge >= 0.3 is 23.5 Å². The van der Waals surface area contributed by atoms with E-state index in [2.05, 4.69) is 15.0 Å². The molecule has 0 aliphatic carbocycles. The summed E-state index contributed by atoms with van der Waals surface area (Å²) in [5, 5.41) is 31.5. The number of carbonyl (C=O) groups excluding carboxylic acids is 3. The Hall–Kier alpha value is -2.77. The molecule has 1 heterocycles. The SMILES string of the molecule is CC(C)(C)C(=O)Nc1ccn(C(=O)C(F)(F)[C@H](O)[C@H](O)C(O)OC(=O)C(C)(C)C)c(=O)n1. The maximum atomic E-state index is 14.5. The number of amides is 1. The summed E-state index contributed by atoms with van der Waals surface area (Å²) >= 11 is 0. The van der Waals surface area contributed by atoms with Crippen LogP contribution in [0.25, 0.3) is 0 Å². The molecule has 180 valence electrons. The van der Waals surface area contributed by atoms with E-state index in [1.54, 1.807) is 20.8 Å². The van der Waals surface area contributed by atoms with Crippen molar-refractivity contribution >= 4 is 23.6 Å². The Morgan fingerprint density at radius 2 is 1.59 bits per heavy atom. The number of nitrogens with zero attached hydrogens (tertiary/aromatic N) is 2. The highest BCUT2D eigenvalue weighted by atomic mass is 19.3. The fraction of sp³-hybridized carbons (Fsp3) is 0.632. The minimum atomic E-state index is -4.80. The molecule has 1 amide bonds. The minimum Gasteiger partial charge on any atom is -0.433 e. The number of esters is 1. The summed E-state index contributed by atoms with van der Waals surface area (Å²) in [7, 11) is 0. The van der Waals surface area contributed by atoms with E-state index in [-0.39, 0.29) is 10.4 Å². The van der Waals surface area contributed by atoms with E-state index in [1.165, 1.54) is 20.8 Å². The molecular weight excluding hydrogens is 436 g/mol. The Bertz CT molecular complexity index is 934. The normalized spacial score (nSPS) is 15.5. The van der Waals surface area contributed by atoms with E-state index >= 15 is 0 Å². The number of aliphatic hydroxyl groups is 3. The van der Waals surface area contributed by atoms with Gasteiger partial charge < -0.3 is 25.4 Å². The molecule has 0 aliphatic heterocycles. The van der Waals surface area contributed by atoms with Gasteiger partial charge in [0.05, 0.1) is 5.41 Å². The minimum absolute atomic E-state index is 0.143. The number of rotatable bonds is 6. The first-order valence-corrected chi connectivity index (χ1v) is 9.39. The third kappa shape index (κ3) is 6.37. The number of aliphatic hydroxyl groups excluding tert-OH is 3. The fourth-order valence-corrected chi connectivity index (χ4v) is 1.94. The molecule has 0 spiro atoms. The monoisotopic (exact) mass is 463 g/mol. The lowest BCUT2D eigenvalue weighted by molar-refractivity contribution is -0.224. The predicted molar refractivity (Wildman–Crippen MR) is 106 cm³/mol. The molecule has 32 heavy (non-hydrogen) atoms. The van der Waals surface area contributed by atoms with Gasteiger partial charge in [-0.25, -0.2) is 9.36 Å². The third-order valence-corrected chi connectivity index (χ3v) is 4.06. The van der Waals surface area contributed by atoms with Gasteiger partial charge in [-0.05, 0) is 26.8 Å². The zero-order chi connectivity index (χ0) is 25.2. The van der Waals surface area contributed by atoms with Gasteiger partial charge in [-0.1, -0.05) is 20.8 Å². The zero-order valence-electron chi connectivity index (χ0n) is 18.4. The second-order valence-electron chi connectivity index (χ2n) is 9.08. The number of carbonyl (C=O) groups is 3. The number of ether oxygens (including phenoxy) is 1. The molecule has 0 saturated carbocycles. The third-order valence-electron chi connectivity index (χ3n) is 4.06. The molecule has 0 radical (unpaired) electrons. The van der Waals surface area contributed by atoms with E-state index in [9.17, 15) is 43.3 Å². The molecule has 0 bridgehead atoms. The summed E-state index contributed by atoms with van der Waals surface area (Å²) in [4.78, 5) is 51.1. The number of aromatic nitrogens is 2. The van der Waals surface area contributed by atoms with Crippen LogP contribution >= 0.6 is 0 Å². The smallest absolute Gasteiger partial charge is 0.356 e. The number of alkyl halides is 2. The molecule has 0 saturated heterocycles. The van der Waals surface area contributed by atoms with Crippen LogP contribution in [0.15, 0.2) is 17.1 Å². The highest BCUT2D eigenvalue weighted by Gasteiger charge is 2.53. The average molecular weight is 463 g/mol. The summed E-state index contributed by atoms with van der Waals surface area (Å²) < 4.78 is 33.2. The second-order valence-corrected chi connectivity index (χ2v) is 9.08. The molecular formula is C19H27F2N3O8. The molecule has 0 aliphatic rings. The molecule has 0 aromatic carbocycles. The summed E-state index contributed by atoms with van der Waals surface area (Å²) in [6.45, 7) is 8.89. The molecule has 1 aromatic rings. The predicted octanol–water partition coefficient (Wildman–Crippen LogP) is 0.133. The Morgan fingerprint density at radius 1 is 1.06 bits per heavy atom. The molecule has 1 rings (SSSR count). The highest BCUT2D eigenvalue weighted by molar-refractivity contribution is 5.93. The van der Waals surface area contributed by atoms with Crippen LogP contribution in [0.3, 0.4) is 0 Å². The standard InChI is InChI=1S/C19H27F2N3O8/c1-17(2,3)13(28)22-9-7-8-24(16(31)23-9)14(29)19(20,21)11(26)10(25)12(27)32-15(30)18(4,5)6/h7-8,10-12,25-27H,1-6H3,(H,22,23,28,31)/t10-,11+,12?/m0/s1. The zero-order valence-corrected chi connectivity index (χ0v) is 18.4. The van der Waals surface area contributed by atoms with Gasteiger partial charge in [0.1, 0.15) is 11.9 Å². The molecule has 4 N–H and O–H groups in total. The Balaban J connectivity index is 3.06. The van der Waals surface area contributed by atoms with Crippen molar-refractivity contribution in [3.05, 3.63) is 22.7 Å². The lowest BCUT2D eigenvalue weighted by Gasteiger charge is -2.29. The van der Waals surface area contributed by atoms with Gasteiger partial charge in [0.2, 0.25) is 12.2 Å². The Kier molecular flexibility index (Phi) is 7.99. The van der Waals surface area contributed by atoms with Crippen molar-refractivity contribution in [3.63, 3.8) is 0 Å². The van der Waals surface area contributed by atoms with Gasteiger partial charge in [0, 0.05) is 11.6 Å². The van der Waals surface area contributed by atoms with Crippen LogP contribution in [0, 0.1) is 10.8 Å². The number of hydrogen-bond acceptors (Lipinski definition) is 9. The van der Waals surface area contributed by atoms with Gasteiger partial charge in [-0.3, -0.25) is 14.4 Å². The van der Waals surface area contributed by atoms with Crippen LogP contribution in [0.2, 0.25) is 0 Å². The fourth-order valence-electron chi connectivity index (χ4n) is 1.94. The van der Waals surface area contributed by atoms with Gasteiger partial charge in [-0.2, -0.15) is 13.8 Å². The quantitative estimate of drug-likeness (QED) is 0.338. The molecule has 11 nitrogen and oxygen atoms in total. The summed E-state index contributed by atoms with van der Waals surface area (Å²) in [6.07, 6.45) is -8.02. The largest absolute Gasteiger partial charge is 0.433 e. The first-order chi connectivity index (χ1) is 14.3. The Labute approximate surface area is 182 Å².